The van der Waals surface area contributed by atoms with Gasteiger partial charge in [0.05, 0.1) is 12.7 Å². The van der Waals surface area contributed by atoms with Crippen molar-refractivity contribution in [1.82, 2.24) is 19.6 Å². The average molecular weight is 454 g/mol. The molecular weight excluding hydrogens is 437 g/mol. The Morgan fingerprint density at radius 1 is 1.06 bits per heavy atom. The largest absolute Gasteiger partial charge is 0.494 e. The molecule has 0 bridgehead atoms. The van der Waals surface area contributed by atoms with Gasteiger partial charge < -0.3 is 14.1 Å². The maximum atomic E-state index is 13.9. The van der Waals surface area contributed by atoms with Crippen molar-refractivity contribution < 1.29 is 22.3 Å². The third-order valence-corrected chi connectivity index (χ3v) is 5.40. The molecule has 0 aliphatic carbocycles. The first-order valence-electron chi connectivity index (χ1n) is 9.93. The van der Waals surface area contributed by atoms with E-state index in [0.717, 1.165) is 5.56 Å². The predicted octanol–water partition coefficient (Wildman–Crippen LogP) is 5.14. The number of halogens is 3. The van der Waals surface area contributed by atoms with E-state index in [1.54, 1.807) is 49.4 Å². The van der Waals surface area contributed by atoms with Crippen molar-refractivity contribution in [2.75, 3.05) is 7.11 Å². The van der Waals surface area contributed by atoms with Crippen LogP contribution in [-0.4, -0.2) is 26.7 Å². The molecule has 0 radical (unpaired) electrons. The van der Waals surface area contributed by atoms with Gasteiger partial charge in [-0.3, -0.25) is 4.79 Å². The Labute approximate surface area is 184 Å². The zero-order valence-corrected chi connectivity index (χ0v) is 17.7. The summed E-state index contributed by atoms with van der Waals surface area (Å²) in [6.07, 6.45) is -4.77. The van der Waals surface area contributed by atoms with Crippen molar-refractivity contribution in [3.8, 4) is 28.3 Å². The molecule has 0 saturated heterocycles. The number of aromatic nitrogens is 4. The van der Waals surface area contributed by atoms with Crippen LogP contribution >= 0.6 is 0 Å². The van der Waals surface area contributed by atoms with Gasteiger partial charge >= 0.3 is 6.18 Å². The lowest BCUT2D eigenvalue weighted by molar-refractivity contribution is -0.140. The van der Waals surface area contributed by atoms with Crippen LogP contribution in [0, 0.1) is 13.8 Å². The molecule has 3 heterocycles. The number of methoxy groups -OCH3 is 1. The lowest BCUT2D eigenvalue weighted by atomic mass is 10.0. The van der Waals surface area contributed by atoms with E-state index in [9.17, 15) is 18.0 Å². The zero-order valence-electron chi connectivity index (χ0n) is 17.7. The van der Waals surface area contributed by atoms with Crippen LogP contribution in [0.4, 0.5) is 13.2 Å². The van der Waals surface area contributed by atoms with Gasteiger partial charge in [-0.25, -0.2) is 4.98 Å². The number of alkyl halides is 3. The number of hydrogen-bond donors (Lipinski definition) is 1. The Balaban J connectivity index is 1.81. The number of rotatable bonds is 3. The minimum Gasteiger partial charge on any atom is -0.494 e. The van der Waals surface area contributed by atoms with Gasteiger partial charge in [0.25, 0.3) is 5.56 Å². The fourth-order valence-electron chi connectivity index (χ4n) is 3.83. The highest BCUT2D eigenvalue weighted by molar-refractivity contribution is 5.84. The second-order valence-corrected chi connectivity index (χ2v) is 7.60. The Morgan fingerprint density at radius 2 is 1.79 bits per heavy atom. The Morgan fingerprint density at radius 3 is 2.45 bits per heavy atom. The van der Waals surface area contributed by atoms with Crippen molar-refractivity contribution in [1.29, 1.82) is 0 Å². The molecule has 2 aromatic carbocycles. The van der Waals surface area contributed by atoms with Crippen LogP contribution in [-0.2, 0) is 6.18 Å². The predicted molar refractivity (Wildman–Crippen MR) is 115 cm³/mol. The van der Waals surface area contributed by atoms with E-state index in [1.807, 2.05) is 6.92 Å². The average Bonchev–Trinajstić information content (AvgIpc) is 3.36. The van der Waals surface area contributed by atoms with Crippen LogP contribution in [0.2, 0.25) is 0 Å². The van der Waals surface area contributed by atoms with Gasteiger partial charge in [-0.15, -0.1) is 0 Å². The quantitative estimate of drug-likeness (QED) is 0.408. The summed E-state index contributed by atoms with van der Waals surface area (Å²) in [5.41, 5.74) is 0.0170. The summed E-state index contributed by atoms with van der Waals surface area (Å²) in [6, 6.07) is 11.6. The number of aryl methyl sites for hydroxylation is 2. The number of oxazole rings is 1. The number of H-pyrrole nitrogens is 1. The number of aromatic amines is 1. The SMILES string of the molecule is COc1cccc2oc(-c3c(C)[nH]c4c(-c5ccc(C)cc5)c(C(F)(F)F)nn4c3=O)nc12. The fourth-order valence-corrected chi connectivity index (χ4v) is 3.83. The number of fused-ring (bicyclic) bond motifs is 2. The second kappa shape index (κ2) is 7.22. The van der Waals surface area contributed by atoms with E-state index in [-0.39, 0.29) is 28.2 Å². The monoisotopic (exact) mass is 454 g/mol. The number of hydrogen-bond acceptors (Lipinski definition) is 5. The lowest BCUT2D eigenvalue weighted by Gasteiger charge is -2.07. The van der Waals surface area contributed by atoms with Gasteiger partial charge in [0, 0.05) is 5.69 Å². The summed E-state index contributed by atoms with van der Waals surface area (Å²) in [5, 5.41) is 3.65. The summed E-state index contributed by atoms with van der Waals surface area (Å²) in [4.78, 5) is 20.6. The van der Waals surface area contributed by atoms with Crippen molar-refractivity contribution in [2.24, 2.45) is 0 Å². The molecule has 0 unspecified atom stereocenters. The van der Waals surface area contributed by atoms with Crippen molar-refractivity contribution in [3.63, 3.8) is 0 Å². The third kappa shape index (κ3) is 3.25. The van der Waals surface area contributed by atoms with Gasteiger partial charge in [0.1, 0.15) is 17.0 Å². The maximum Gasteiger partial charge on any atom is 0.435 e. The summed E-state index contributed by atoms with van der Waals surface area (Å²) < 4.78 is 53.4. The van der Waals surface area contributed by atoms with Gasteiger partial charge in [-0.05, 0) is 31.5 Å². The first-order chi connectivity index (χ1) is 15.7. The first kappa shape index (κ1) is 20.8. The summed E-state index contributed by atoms with van der Waals surface area (Å²) in [7, 11) is 1.47. The topological polar surface area (TPSA) is 85.4 Å². The van der Waals surface area contributed by atoms with Crippen LogP contribution < -0.4 is 10.3 Å². The second-order valence-electron chi connectivity index (χ2n) is 7.60. The van der Waals surface area contributed by atoms with E-state index >= 15 is 0 Å². The Hall–Kier alpha value is -4.08. The van der Waals surface area contributed by atoms with Crippen molar-refractivity contribution in [3.05, 3.63) is 69.8 Å². The number of para-hydroxylation sites is 1. The molecule has 168 valence electrons. The number of nitrogens with zero attached hydrogens (tertiary/aromatic N) is 3. The highest BCUT2D eigenvalue weighted by Crippen LogP contribution is 2.39. The van der Waals surface area contributed by atoms with Crippen molar-refractivity contribution >= 4 is 16.7 Å². The Kier molecular flexibility index (Phi) is 4.55. The highest BCUT2D eigenvalue weighted by atomic mass is 19.4. The zero-order chi connectivity index (χ0) is 23.5. The van der Waals surface area contributed by atoms with Crippen molar-refractivity contribution in [2.45, 2.75) is 20.0 Å². The fraction of sp³-hybridized carbons (Fsp3) is 0.174. The molecule has 1 N–H and O–H groups in total. The van der Waals surface area contributed by atoms with Crippen LogP contribution in [0.1, 0.15) is 17.0 Å². The minimum absolute atomic E-state index is 0.0209. The molecule has 0 atom stereocenters. The number of benzene rings is 2. The van der Waals surface area contributed by atoms with E-state index in [4.69, 9.17) is 9.15 Å². The van der Waals surface area contributed by atoms with Crippen LogP contribution in [0.15, 0.2) is 51.7 Å². The molecule has 0 saturated carbocycles. The first-order valence-corrected chi connectivity index (χ1v) is 9.93. The molecule has 33 heavy (non-hydrogen) atoms. The van der Waals surface area contributed by atoms with Crippen LogP contribution in [0.5, 0.6) is 5.75 Å². The van der Waals surface area contributed by atoms with Crippen LogP contribution in [0.25, 0.3) is 39.3 Å². The molecule has 0 aliphatic rings. The summed E-state index contributed by atoms with van der Waals surface area (Å²) in [5.74, 6) is 0.397. The van der Waals surface area contributed by atoms with Crippen LogP contribution in [0.3, 0.4) is 0 Å². The number of ether oxygens (including phenoxy) is 1. The molecular formula is C23H17F3N4O3. The molecule has 0 aliphatic heterocycles. The smallest absolute Gasteiger partial charge is 0.435 e. The van der Waals surface area contributed by atoms with Gasteiger partial charge in [0.15, 0.2) is 16.8 Å². The highest BCUT2D eigenvalue weighted by Gasteiger charge is 2.39. The maximum absolute atomic E-state index is 13.9. The Bertz CT molecular complexity index is 1580. The van der Waals surface area contributed by atoms with E-state index in [2.05, 4.69) is 15.1 Å². The molecule has 5 rings (SSSR count). The standard InChI is InChI=1S/C23H17F3N4O3/c1-11-7-9-13(10-8-11)17-19(23(24,25)26)29-30-20(17)27-12(2)16(22(30)31)21-28-18-14(32-3)5-4-6-15(18)33-21/h4-10,27H,1-3H3. The normalized spacial score (nSPS) is 12.1. The molecule has 0 amide bonds. The minimum atomic E-state index is -4.77. The van der Waals surface area contributed by atoms with E-state index in [0.29, 0.717) is 27.1 Å². The molecule has 0 spiro atoms. The summed E-state index contributed by atoms with van der Waals surface area (Å²) >= 11 is 0. The molecule has 0 fully saturated rings. The van der Waals surface area contributed by atoms with Gasteiger partial charge in [-0.1, -0.05) is 35.9 Å². The molecule has 10 heteroatoms. The molecule has 7 nitrogen and oxygen atoms in total. The van der Waals surface area contributed by atoms with E-state index < -0.39 is 17.4 Å². The molecule has 3 aromatic heterocycles. The number of nitrogens with one attached hydrogen (secondary N) is 1. The van der Waals surface area contributed by atoms with Gasteiger partial charge in [-0.2, -0.15) is 22.8 Å². The lowest BCUT2D eigenvalue weighted by Crippen LogP contribution is -2.19. The molecule has 5 aromatic rings. The van der Waals surface area contributed by atoms with Gasteiger partial charge in [0.2, 0.25) is 5.89 Å². The third-order valence-electron chi connectivity index (χ3n) is 5.40. The van der Waals surface area contributed by atoms with E-state index in [1.165, 1.54) is 7.11 Å². The summed E-state index contributed by atoms with van der Waals surface area (Å²) in [6.45, 7) is 3.40.